The second-order valence-electron chi connectivity index (χ2n) is 8.82. The molecule has 1 aliphatic rings. The number of guanidine groups is 1. The number of nitrogens with zero attached hydrogens (tertiary/aromatic N) is 4. The Bertz CT molecular complexity index is 883. The molecule has 3 rings (SSSR count). The van der Waals surface area contributed by atoms with E-state index in [1.807, 2.05) is 11.7 Å². The Hall–Kier alpha value is -2.38. The molecule has 0 saturated carbocycles. The summed E-state index contributed by atoms with van der Waals surface area (Å²) in [7, 11) is 2.01. The summed E-state index contributed by atoms with van der Waals surface area (Å²) in [4.78, 5) is 7.50. The number of hydrogen-bond acceptors (Lipinski definition) is 4. The molecule has 0 aliphatic carbocycles. The Morgan fingerprint density at radius 2 is 1.84 bits per heavy atom. The lowest BCUT2D eigenvalue weighted by atomic mass is 10.0. The van der Waals surface area contributed by atoms with Gasteiger partial charge in [-0.1, -0.05) is 29.8 Å². The largest absolute Gasteiger partial charge is 0.379 e. The molecule has 2 heterocycles. The van der Waals surface area contributed by atoms with Gasteiger partial charge in [-0.05, 0) is 52.2 Å². The minimum absolute atomic E-state index is 0.244. The van der Waals surface area contributed by atoms with E-state index in [0.717, 1.165) is 50.9 Å². The van der Waals surface area contributed by atoms with Gasteiger partial charge in [-0.2, -0.15) is 5.10 Å². The van der Waals surface area contributed by atoms with Gasteiger partial charge in [-0.25, -0.2) is 0 Å². The molecule has 1 fully saturated rings. The van der Waals surface area contributed by atoms with E-state index >= 15 is 0 Å². The third kappa shape index (κ3) is 6.33. The first-order chi connectivity index (χ1) is 15.4. The Morgan fingerprint density at radius 3 is 2.44 bits per heavy atom. The third-order valence-electron chi connectivity index (χ3n) is 6.27. The van der Waals surface area contributed by atoms with Crippen LogP contribution < -0.4 is 10.6 Å². The lowest BCUT2D eigenvalue weighted by Crippen LogP contribution is -2.44. The SMILES string of the molecule is CCNC(=NCC(c1ccc(C)cc1)N1CCOCC1)NC(C)Cc1c(C)nn(C)c1C. The normalized spacial score (nSPS) is 17.2. The molecule has 7 heteroatoms. The highest BCUT2D eigenvalue weighted by Gasteiger charge is 2.23. The van der Waals surface area contributed by atoms with Crippen molar-refractivity contribution in [3.05, 3.63) is 52.3 Å². The molecule has 0 radical (unpaired) electrons. The molecule has 1 aromatic carbocycles. The van der Waals surface area contributed by atoms with Crippen molar-refractivity contribution in [2.24, 2.45) is 12.0 Å². The van der Waals surface area contributed by atoms with Crippen LogP contribution in [0.4, 0.5) is 0 Å². The Morgan fingerprint density at radius 1 is 1.16 bits per heavy atom. The molecule has 1 aliphatic heterocycles. The number of nitrogens with one attached hydrogen (secondary N) is 2. The van der Waals surface area contributed by atoms with Gasteiger partial charge in [-0.15, -0.1) is 0 Å². The van der Waals surface area contributed by atoms with E-state index in [9.17, 15) is 0 Å². The lowest BCUT2D eigenvalue weighted by molar-refractivity contribution is 0.0179. The van der Waals surface area contributed by atoms with Crippen LogP contribution in [-0.2, 0) is 18.2 Å². The maximum Gasteiger partial charge on any atom is 0.191 e. The van der Waals surface area contributed by atoms with Gasteiger partial charge in [0.15, 0.2) is 5.96 Å². The first-order valence-corrected chi connectivity index (χ1v) is 11.8. The standard InChI is InChI=1S/C25H40N6O/c1-7-26-25(28-19(3)16-23-20(4)29-30(6)21(23)5)27-17-24(31-12-14-32-15-13-31)22-10-8-18(2)9-11-22/h8-11,19,24H,7,12-17H2,1-6H3,(H2,26,27,28). The number of rotatable bonds is 8. The monoisotopic (exact) mass is 440 g/mol. The predicted octanol–water partition coefficient (Wildman–Crippen LogP) is 2.90. The van der Waals surface area contributed by atoms with Gasteiger partial charge in [0, 0.05) is 38.4 Å². The summed E-state index contributed by atoms with van der Waals surface area (Å²) in [6.07, 6.45) is 0.917. The third-order valence-corrected chi connectivity index (χ3v) is 6.27. The smallest absolute Gasteiger partial charge is 0.191 e. The zero-order chi connectivity index (χ0) is 23.1. The average molecular weight is 441 g/mol. The van der Waals surface area contributed by atoms with Crippen molar-refractivity contribution >= 4 is 5.96 Å². The van der Waals surface area contributed by atoms with Crippen LogP contribution in [0.5, 0.6) is 0 Å². The fourth-order valence-electron chi connectivity index (χ4n) is 4.31. The van der Waals surface area contributed by atoms with Gasteiger partial charge in [0.1, 0.15) is 0 Å². The number of aryl methyl sites for hydroxylation is 3. The van der Waals surface area contributed by atoms with Crippen LogP contribution in [0.2, 0.25) is 0 Å². The minimum atomic E-state index is 0.244. The van der Waals surface area contributed by atoms with E-state index in [0.29, 0.717) is 6.54 Å². The van der Waals surface area contributed by atoms with Crippen LogP contribution in [0.15, 0.2) is 29.3 Å². The van der Waals surface area contributed by atoms with Crippen molar-refractivity contribution in [3.8, 4) is 0 Å². The fraction of sp³-hybridized carbons (Fsp3) is 0.600. The van der Waals surface area contributed by atoms with E-state index < -0.39 is 0 Å². The molecule has 1 saturated heterocycles. The molecular formula is C25H40N6O. The van der Waals surface area contributed by atoms with Gasteiger partial charge in [-0.3, -0.25) is 14.6 Å². The van der Waals surface area contributed by atoms with Crippen molar-refractivity contribution < 1.29 is 4.74 Å². The molecule has 0 bridgehead atoms. The van der Waals surface area contributed by atoms with E-state index in [4.69, 9.17) is 9.73 Å². The highest BCUT2D eigenvalue weighted by molar-refractivity contribution is 5.80. The minimum Gasteiger partial charge on any atom is -0.379 e. The molecule has 2 unspecified atom stereocenters. The Balaban J connectivity index is 1.73. The Kier molecular flexibility index (Phi) is 8.70. The van der Waals surface area contributed by atoms with Gasteiger partial charge in [0.25, 0.3) is 0 Å². The summed E-state index contributed by atoms with van der Waals surface area (Å²) in [5, 5.41) is 11.6. The molecule has 2 atom stereocenters. The van der Waals surface area contributed by atoms with Crippen LogP contribution in [-0.4, -0.2) is 66.1 Å². The van der Waals surface area contributed by atoms with Crippen molar-refractivity contribution in [3.63, 3.8) is 0 Å². The van der Waals surface area contributed by atoms with Crippen LogP contribution in [0.1, 0.15) is 48.0 Å². The van der Waals surface area contributed by atoms with Gasteiger partial charge < -0.3 is 15.4 Å². The summed E-state index contributed by atoms with van der Waals surface area (Å²) in [6.45, 7) is 15.6. The molecule has 1 aromatic heterocycles. The summed E-state index contributed by atoms with van der Waals surface area (Å²) in [5.41, 5.74) is 6.24. The lowest BCUT2D eigenvalue weighted by Gasteiger charge is -2.34. The summed E-state index contributed by atoms with van der Waals surface area (Å²) in [6, 6.07) is 9.35. The van der Waals surface area contributed by atoms with E-state index in [2.05, 4.69) is 79.5 Å². The number of aliphatic imine (C=N–C) groups is 1. The molecule has 176 valence electrons. The summed E-state index contributed by atoms with van der Waals surface area (Å²) >= 11 is 0. The topological polar surface area (TPSA) is 66.7 Å². The second kappa shape index (κ2) is 11.5. The maximum atomic E-state index is 5.59. The zero-order valence-corrected chi connectivity index (χ0v) is 20.6. The summed E-state index contributed by atoms with van der Waals surface area (Å²) in [5.74, 6) is 0.865. The van der Waals surface area contributed by atoms with Crippen molar-refractivity contribution in [2.75, 3.05) is 39.4 Å². The maximum absolute atomic E-state index is 5.59. The molecule has 2 N–H and O–H groups in total. The molecule has 0 spiro atoms. The average Bonchev–Trinajstić information content (AvgIpc) is 3.01. The van der Waals surface area contributed by atoms with Crippen molar-refractivity contribution in [2.45, 2.75) is 53.1 Å². The molecule has 32 heavy (non-hydrogen) atoms. The Labute approximate surface area is 193 Å². The highest BCUT2D eigenvalue weighted by Crippen LogP contribution is 2.23. The number of ether oxygens (including phenoxy) is 1. The van der Waals surface area contributed by atoms with E-state index in [1.54, 1.807) is 0 Å². The van der Waals surface area contributed by atoms with Gasteiger partial charge >= 0.3 is 0 Å². The molecular weight excluding hydrogens is 400 g/mol. The van der Waals surface area contributed by atoms with Crippen LogP contribution in [0.25, 0.3) is 0 Å². The van der Waals surface area contributed by atoms with Gasteiger partial charge in [0.2, 0.25) is 0 Å². The first-order valence-electron chi connectivity index (χ1n) is 11.8. The van der Waals surface area contributed by atoms with Crippen LogP contribution >= 0.6 is 0 Å². The highest BCUT2D eigenvalue weighted by atomic mass is 16.5. The summed E-state index contributed by atoms with van der Waals surface area (Å²) < 4.78 is 7.55. The number of morpholine rings is 1. The van der Waals surface area contributed by atoms with Crippen LogP contribution in [0, 0.1) is 20.8 Å². The predicted molar refractivity (Wildman–Crippen MR) is 131 cm³/mol. The zero-order valence-electron chi connectivity index (χ0n) is 20.6. The number of hydrogen-bond donors (Lipinski definition) is 2. The van der Waals surface area contributed by atoms with E-state index in [-0.39, 0.29) is 12.1 Å². The first kappa shape index (κ1) is 24.3. The van der Waals surface area contributed by atoms with Crippen LogP contribution in [0.3, 0.4) is 0 Å². The van der Waals surface area contributed by atoms with Crippen molar-refractivity contribution in [1.82, 2.24) is 25.3 Å². The number of aromatic nitrogens is 2. The molecule has 2 aromatic rings. The van der Waals surface area contributed by atoms with Gasteiger partial charge in [0.05, 0.1) is 31.5 Å². The molecule has 0 amide bonds. The quantitative estimate of drug-likeness (QED) is 0.488. The van der Waals surface area contributed by atoms with E-state index in [1.165, 1.54) is 22.4 Å². The number of benzene rings is 1. The van der Waals surface area contributed by atoms with Crippen molar-refractivity contribution in [1.29, 1.82) is 0 Å². The fourth-order valence-corrected chi connectivity index (χ4v) is 4.31. The second-order valence-corrected chi connectivity index (χ2v) is 8.82. The molecule has 7 nitrogen and oxygen atoms in total.